The molecule has 0 fully saturated rings. The summed E-state index contributed by atoms with van der Waals surface area (Å²) in [5.41, 5.74) is 7.28. The van der Waals surface area contributed by atoms with E-state index in [4.69, 9.17) is 19.2 Å². The Balaban J connectivity index is 1.82. The van der Waals surface area contributed by atoms with E-state index in [1.54, 1.807) is 7.11 Å². The van der Waals surface area contributed by atoms with Gasteiger partial charge in [-0.15, -0.1) is 0 Å². The molecule has 33 heavy (non-hydrogen) atoms. The molecule has 1 aromatic carbocycles. The van der Waals surface area contributed by atoms with Gasteiger partial charge in [-0.05, 0) is 45.0 Å². The van der Waals surface area contributed by atoms with Crippen LogP contribution in [0.15, 0.2) is 35.0 Å². The van der Waals surface area contributed by atoms with E-state index < -0.39 is 0 Å². The van der Waals surface area contributed by atoms with Gasteiger partial charge in [-0.3, -0.25) is 4.98 Å². The number of benzene rings is 1. The Bertz CT molecular complexity index is 1500. The topological polar surface area (TPSA) is 89.7 Å². The van der Waals surface area contributed by atoms with Crippen LogP contribution in [0.4, 0.5) is 0 Å². The van der Waals surface area contributed by atoms with Crippen LogP contribution >= 0.6 is 0 Å². The molecule has 0 saturated carbocycles. The first kappa shape index (κ1) is 21.1. The summed E-state index contributed by atoms with van der Waals surface area (Å²) in [6.07, 6.45) is 1.85. The largest absolute Gasteiger partial charge is 0.496 e. The molecule has 7 heteroatoms. The molecule has 0 atom stereocenters. The number of nitrogens with one attached hydrogen (secondary N) is 1. The third kappa shape index (κ3) is 3.44. The fourth-order valence-electron chi connectivity index (χ4n) is 4.36. The molecule has 0 radical (unpaired) electrons. The third-order valence-electron chi connectivity index (χ3n) is 5.99. The molecule has 5 aromatic rings. The van der Waals surface area contributed by atoms with Crippen LogP contribution < -0.4 is 4.74 Å². The summed E-state index contributed by atoms with van der Waals surface area (Å²) in [7, 11) is 1.68. The van der Waals surface area contributed by atoms with Gasteiger partial charge >= 0.3 is 0 Å². The van der Waals surface area contributed by atoms with Gasteiger partial charge in [-0.1, -0.05) is 25.9 Å². The molecule has 0 aliphatic heterocycles. The van der Waals surface area contributed by atoms with Crippen LogP contribution in [0.5, 0.6) is 5.75 Å². The van der Waals surface area contributed by atoms with Gasteiger partial charge in [-0.2, -0.15) is 0 Å². The van der Waals surface area contributed by atoms with Crippen molar-refractivity contribution >= 4 is 21.9 Å². The second kappa shape index (κ2) is 7.40. The fraction of sp³-hybridized carbons (Fsp3) is 0.308. The average molecular weight is 442 g/mol. The first-order valence-electron chi connectivity index (χ1n) is 11.0. The highest BCUT2D eigenvalue weighted by atomic mass is 16.5. The van der Waals surface area contributed by atoms with Gasteiger partial charge in [0.25, 0.3) is 0 Å². The number of fused-ring (bicyclic) bond motifs is 3. The molecule has 0 aliphatic carbocycles. The van der Waals surface area contributed by atoms with Crippen molar-refractivity contribution in [3.8, 4) is 28.1 Å². The molecule has 0 saturated heterocycles. The Morgan fingerprint density at radius 3 is 2.48 bits per heavy atom. The maximum Gasteiger partial charge on any atom is 0.142 e. The van der Waals surface area contributed by atoms with Crippen LogP contribution in [0, 0.1) is 20.8 Å². The molecule has 5 rings (SSSR count). The van der Waals surface area contributed by atoms with Crippen LogP contribution in [0.1, 0.15) is 43.7 Å². The number of methoxy groups -OCH3 is 1. The van der Waals surface area contributed by atoms with E-state index in [0.717, 1.165) is 67.2 Å². The van der Waals surface area contributed by atoms with Crippen molar-refractivity contribution in [2.45, 2.75) is 47.0 Å². The number of aromatic amines is 1. The fourth-order valence-corrected chi connectivity index (χ4v) is 4.36. The van der Waals surface area contributed by atoms with Crippen LogP contribution in [0.3, 0.4) is 0 Å². The van der Waals surface area contributed by atoms with Crippen molar-refractivity contribution in [3.63, 3.8) is 0 Å². The Morgan fingerprint density at radius 2 is 1.82 bits per heavy atom. The Kier molecular flexibility index (Phi) is 4.74. The minimum atomic E-state index is -0.0656. The molecule has 1 N–H and O–H groups in total. The summed E-state index contributed by atoms with van der Waals surface area (Å²) < 4.78 is 11.2. The predicted molar refractivity (Wildman–Crippen MR) is 130 cm³/mol. The van der Waals surface area contributed by atoms with Crippen LogP contribution in [0.2, 0.25) is 0 Å². The number of H-pyrrole nitrogens is 1. The van der Waals surface area contributed by atoms with Crippen molar-refractivity contribution in [1.82, 2.24) is 25.1 Å². The normalized spacial score (nSPS) is 12.1. The summed E-state index contributed by atoms with van der Waals surface area (Å²) in [5, 5.41) is 6.08. The lowest BCUT2D eigenvalue weighted by molar-refractivity contribution is 0.393. The number of aryl methyl sites for hydroxylation is 3. The standard InChI is InChI=1S/C26H27N5O2/c1-13-22(14(2)33-31-13)18-11-19-17(12-20(18)32-7)23-24(28-15(3)29-25(23)30-19)16-8-9-27-21(10-16)26(4,5)6/h8-12H,1-7H3,(H,28,29,30). The average Bonchev–Trinajstić information content (AvgIpc) is 3.29. The highest BCUT2D eigenvalue weighted by Gasteiger charge is 2.22. The number of hydrogen-bond acceptors (Lipinski definition) is 6. The van der Waals surface area contributed by atoms with E-state index in [1.807, 2.05) is 39.1 Å². The molecule has 0 aliphatic rings. The Labute approximate surface area is 192 Å². The van der Waals surface area contributed by atoms with Crippen molar-refractivity contribution in [1.29, 1.82) is 0 Å². The number of pyridine rings is 1. The van der Waals surface area contributed by atoms with E-state index in [1.165, 1.54) is 0 Å². The molecular weight excluding hydrogens is 414 g/mol. The molecule has 0 amide bonds. The second-order valence-electron chi connectivity index (χ2n) is 9.45. The number of aromatic nitrogens is 5. The summed E-state index contributed by atoms with van der Waals surface area (Å²) in [6, 6.07) is 8.25. The Morgan fingerprint density at radius 1 is 1.03 bits per heavy atom. The number of rotatable bonds is 3. The van der Waals surface area contributed by atoms with Crippen LogP contribution in [-0.2, 0) is 5.41 Å². The maximum atomic E-state index is 5.80. The zero-order valence-corrected chi connectivity index (χ0v) is 20.0. The first-order valence-corrected chi connectivity index (χ1v) is 11.0. The van der Waals surface area contributed by atoms with Gasteiger partial charge < -0.3 is 14.2 Å². The van der Waals surface area contributed by atoms with Gasteiger partial charge in [0.2, 0.25) is 0 Å². The van der Waals surface area contributed by atoms with E-state index in [9.17, 15) is 0 Å². The van der Waals surface area contributed by atoms with Gasteiger partial charge in [-0.25, -0.2) is 9.97 Å². The summed E-state index contributed by atoms with van der Waals surface area (Å²) >= 11 is 0. The quantitative estimate of drug-likeness (QED) is 0.366. The molecule has 4 heterocycles. The zero-order chi connectivity index (χ0) is 23.5. The third-order valence-corrected chi connectivity index (χ3v) is 5.99. The smallest absolute Gasteiger partial charge is 0.142 e. The second-order valence-corrected chi connectivity index (χ2v) is 9.45. The zero-order valence-electron chi connectivity index (χ0n) is 20.0. The van der Waals surface area contributed by atoms with Crippen molar-refractivity contribution in [2.24, 2.45) is 0 Å². The molecule has 168 valence electrons. The summed E-state index contributed by atoms with van der Waals surface area (Å²) in [4.78, 5) is 17.6. The van der Waals surface area contributed by atoms with Crippen LogP contribution in [-0.4, -0.2) is 32.2 Å². The number of ether oxygens (including phenoxy) is 1. The van der Waals surface area contributed by atoms with E-state index in [0.29, 0.717) is 5.82 Å². The van der Waals surface area contributed by atoms with Crippen molar-refractivity contribution in [3.05, 3.63) is 53.4 Å². The predicted octanol–water partition coefficient (Wildman–Crippen LogP) is 6.06. The molecule has 0 unspecified atom stereocenters. The van der Waals surface area contributed by atoms with E-state index >= 15 is 0 Å². The Hall–Kier alpha value is -3.74. The molecule has 0 spiro atoms. The SMILES string of the molecule is COc1cc2c(cc1-c1c(C)noc1C)[nH]c1nc(C)nc(-c3ccnc(C(C)(C)C)c3)c12. The number of hydrogen-bond donors (Lipinski definition) is 1. The van der Waals surface area contributed by atoms with Gasteiger partial charge in [0.1, 0.15) is 23.0 Å². The monoisotopic (exact) mass is 441 g/mol. The minimum absolute atomic E-state index is 0.0656. The van der Waals surface area contributed by atoms with Gasteiger partial charge in [0.15, 0.2) is 0 Å². The van der Waals surface area contributed by atoms with E-state index in [2.05, 4.69) is 48.0 Å². The van der Waals surface area contributed by atoms with Crippen LogP contribution in [0.25, 0.3) is 44.3 Å². The maximum absolute atomic E-state index is 5.80. The number of nitrogens with zero attached hydrogens (tertiary/aromatic N) is 4. The highest BCUT2D eigenvalue weighted by molar-refractivity contribution is 6.13. The molecular formula is C26H27N5O2. The lowest BCUT2D eigenvalue weighted by Gasteiger charge is -2.18. The van der Waals surface area contributed by atoms with Crippen molar-refractivity contribution in [2.75, 3.05) is 7.11 Å². The van der Waals surface area contributed by atoms with Gasteiger partial charge in [0, 0.05) is 39.3 Å². The summed E-state index contributed by atoms with van der Waals surface area (Å²) in [6.45, 7) is 12.2. The lowest BCUT2D eigenvalue weighted by Crippen LogP contribution is -2.13. The molecule has 7 nitrogen and oxygen atoms in total. The van der Waals surface area contributed by atoms with E-state index in [-0.39, 0.29) is 5.41 Å². The molecule has 0 bridgehead atoms. The lowest BCUT2D eigenvalue weighted by atomic mass is 9.90. The highest BCUT2D eigenvalue weighted by Crippen LogP contribution is 2.41. The van der Waals surface area contributed by atoms with Gasteiger partial charge in [0.05, 0.1) is 29.4 Å². The summed E-state index contributed by atoms with van der Waals surface area (Å²) in [5.74, 6) is 2.20. The molecule has 4 aromatic heterocycles. The first-order chi connectivity index (χ1) is 15.7. The van der Waals surface area contributed by atoms with Crippen molar-refractivity contribution < 1.29 is 9.26 Å². The minimum Gasteiger partial charge on any atom is -0.496 e.